The smallest absolute Gasteiger partial charge is 0.323 e. The van der Waals surface area contributed by atoms with Crippen molar-refractivity contribution in [1.82, 2.24) is 9.03 Å². The molecule has 0 saturated heterocycles. The SMILES string of the molecule is COC(=O)CCN(C)S(=O)(=O)N[C@@H](C)C(=O)OC. The van der Waals surface area contributed by atoms with Crippen molar-refractivity contribution < 1.29 is 27.5 Å². The van der Waals surface area contributed by atoms with E-state index in [0.717, 1.165) is 11.4 Å². The normalized spacial score (nSPS) is 13.2. The number of hydrogen-bond acceptors (Lipinski definition) is 6. The van der Waals surface area contributed by atoms with E-state index >= 15 is 0 Å². The van der Waals surface area contributed by atoms with Gasteiger partial charge in [-0.15, -0.1) is 0 Å². The summed E-state index contributed by atoms with van der Waals surface area (Å²) in [6.45, 7) is 1.31. The molecule has 0 bridgehead atoms. The average Bonchev–Trinajstić information content (AvgIpc) is 2.33. The van der Waals surface area contributed by atoms with Crippen LogP contribution in [0, 0.1) is 0 Å². The van der Waals surface area contributed by atoms with Gasteiger partial charge in [-0.2, -0.15) is 17.4 Å². The van der Waals surface area contributed by atoms with E-state index in [2.05, 4.69) is 14.2 Å². The van der Waals surface area contributed by atoms with Crippen LogP contribution in [0.25, 0.3) is 0 Å². The summed E-state index contributed by atoms with van der Waals surface area (Å²) >= 11 is 0. The number of rotatable bonds is 7. The summed E-state index contributed by atoms with van der Waals surface area (Å²) in [5, 5.41) is 0. The zero-order valence-corrected chi connectivity index (χ0v) is 11.6. The first-order chi connectivity index (χ1) is 8.24. The summed E-state index contributed by atoms with van der Waals surface area (Å²) in [5.41, 5.74) is 0. The highest BCUT2D eigenvalue weighted by atomic mass is 32.2. The van der Waals surface area contributed by atoms with E-state index in [0.29, 0.717) is 0 Å². The number of esters is 2. The second-order valence-electron chi connectivity index (χ2n) is 3.52. The third-order valence-corrected chi connectivity index (χ3v) is 3.80. The van der Waals surface area contributed by atoms with E-state index in [1.165, 1.54) is 21.1 Å². The molecule has 0 spiro atoms. The summed E-state index contributed by atoms with van der Waals surface area (Å²) in [6, 6.07) is -0.999. The predicted molar refractivity (Wildman–Crippen MR) is 62.8 cm³/mol. The fraction of sp³-hybridized carbons (Fsp3) is 0.778. The summed E-state index contributed by atoms with van der Waals surface area (Å²) < 4.78 is 35.3. The van der Waals surface area contributed by atoms with E-state index in [9.17, 15) is 18.0 Å². The van der Waals surface area contributed by atoms with Gasteiger partial charge < -0.3 is 9.47 Å². The first kappa shape index (κ1) is 16.8. The Labute approximate surface area is 106 Å². The molecule has 18 heavy (non-hydrogen) atoms. The van der Waals surface area contributed by atoms with Crippen LogP contribution in [0.15, 0.2) is 0 Å². The molecule has 0 aromatic heterocycles. The molecule has 1 N–H and O–H groups in total. The van der Waals surface area contributed by atoms with Crippen molar-refractivity contribution in [3.05, 3.63) is 0 Å². The van der Waals surface area contributed by atoms with Gasteiger partial charge in [0.2, 0.25) is 0 Å². The number of hydrogen-bond donors (Lipinski definition) is 1. The van der Waals surface area contributed by atoms with Crippen LogP contribution in [0.3, 0.4) is 0 Å². The van der Waals surface area contributed by atoms with Crippen molar-refractivity contribution in [2.45, 2.75) is 19.4 Å². The first-order valence-corrected chi connectivity index (χ1v) is 6.56. The molecule has 9 heteroatoms. The van der Waals surface area contributed by atoms with Crippen molar-refractivity contribution >= 4 is 22.1 Å². The van der Waals surface area contributed by atoms with Crippen LogP contribution >= 0.6 is 0 Å². The maximum Gasteiger partial charge on any atom is 0.323 e. The van der Waals surface area contributed by atoms with Crippen molar-refractivity contribution in [3.63, 3.8) is 0 Å². The van der Waals surface area contributed by atoms with Gasteiger partial charge in [-0.25, -0.2) is 0 Å². The minimum atomic E-state index is -3.84. The van der Waals surface area contributed by atoms with Gasteiger partial charge in [-0.05, 0) is 6.92 Å². The zero-order chi connectivity index (χ0) is 14.3. The van der Waals surface area contributed by atoms with Gasteiger partial charge in [-0.1, -0.05) is 0 Å². The fourth-order valence-electron chi connectivity index (χ4n) is 1.01. The molecule has 0 aliphatic rings. The lowest BCUT2D eigenvalue weighted by molar-refractivity contribution is -0.142. The third kappa shape index (κ3) is 5.43. The van der Waals surface area contributed by atoms with Crippen molar-refractivity contribution in [3.8, 4) is 0 Å². The summed E-state index contributed by atoms with van der Waals surface area (Å²) in [4.78, 5) is 22.0. The van der Waals surface area contributed by atoms with Crippen LogP contribution in [-0.2, 0) is 29.3 Å². The second-order valence-corrected chi connectivity index (χ2v) is 5.32. The molecule has 0 unspecified atom stereocenters. The quantitative estimate of drug-likeness (QED) is 0.593. The summed E-state index contributed by atoms with van der Waals surface area (Å²) in [6.07, 6.45) is -0.0689. The highest BCUT2D eigenvalue weighted by Crippen LogP contribution is 1.99. The Kier molecular flexibility index (Phi) is 6.81. The van der Waals surface area contributed by atoms with Gasteiger partial charge in [0.05, 0.1) is 20.6 Å². The fourth-order valence-corrected chi connectivity index (χ4v) is 2.06. The third-order valence-electron chi connectivity index (χ3n) is 2.15. The molecule has 0 aromatic rings. The Morgan fingerprint density at radius 3 is 2.28 bits per heavy atom. The van der Waals surface area contributed by atoms with Gasteiger partial charge in [0, 0.05) is 13.6 Å². The lowest BCUT2D eigenvalue weighted by Crippen LogP contribution is -2.46. The Morgan fingerprint density at radius 1 is 1.28 bits per heavy atom. The first-order valence-electron chi connectivity index (χ1n) is 5.12. The largest absolute Gasteiger partial charge is 0.469 e. The predicted octanol–water partition coefficient (Wildman–Crippen LogP) is -1.12. The standard InChI is InChI=1S/C9H18N2O6S/c1-7(9(13)17-4)10-18(14,15)11(2)6-5-8(12)16-3/h7,10H,5-6H2,1-4H3/t7-/m0/s1. The van der Waals surface area contributed by atoms with Crippen molar-refractivity contribution in [1.29, 1.82) is 0 Å². The Balaban J connectivity index is 4.44. The van der Waals surface area contributed by atoms with Crippen molar-refractivity contribution in [2.24, 2.45) is 0 Å². The Morgan fingerprint density at radius 2 is 1.83 bits per heavy atom. The van der Waals surface area contributed by atoms with Crippen LogP contribution < -0.4 is 4.72 Å². The molecule has 0 heterocycles. The molecule has 0 aliphatic carbocycles. The number of methoxy groups -OCH3 is 2. The molecule has 106 valence electrons. The number of carbonyl (C=O) groups excluding carboxylic acids is 2. The topological polar surface area (TPSA) is 102 Å². The van der Waals surface area contributed by atoms with Crippen LogP contribution in [0.1, 0.15) is 13.3 Å². The second kappa shape index (κ2) is 7.29. The van der Waals surface area contributed by atoms with Gasteiger partial charge >= 0.3 is 11.9 Å². The van der Waals surface area contributed by atoms with E-state index in [1.54, 1.807) is 0 Å². The van der Waals surface area contributed by atoms with E-state index in [-0.39, 0.29) is 13.0 Å². The maximum atomic E-state index is 11.7. The Hall–Kier alpha value is -1.19. The molecule has 1 atom stereocenters. The number of nitrogens with zero attached hydrogens (tertiary/aromatic N) is 1. The minimum Gasteiger partial charge on any atom is -0.469 e. The van der Waals surface area contributed by atoms with E-state index < -0.39 is 28.2 Å². The molecule has 0 aliphatic heterocycles. The average molecular weight is 282 g/mol. The van der Waals surface area contributed by atoms with Gasteiger partial charge in [-0.3, -0.25) is 9.59 Å². The highest BCUT2D eigenvalue weighted by Gasteiger charge is 2.24. The van der Waals surface area contributed by atoms with Gasteiger partial charge in [0.1, 0.15) is 6.04 Å². The molecule has 0 saturated carbocycles. The van der Waals surface area contributed by atoms with Crippen LogP contribution in [0.5, 0.6) is 0 Å². The number of nitrogens with one attached hydrogen (secondary N) is 1. The number of ether oxygens (including phenoxy) is 2. The molecule has 0 amide bonds. The van der Waals surface area contributed by atoms with Gasteiger partial charge in [0.25, 0.3) is 10.2 Å². The molecule has 0 fully saturated rings. The lowest BCUT2D eigenvalue weighted by atomic mass is 10.4. The molecule has 8 nitrogen and oxygen atoms in total. The van der Waals surface area contributed by atoms with Crippen LogP contribution in [-0.4, -0.2) is 58.5 Å². The molecular weight excluding hydrogens is 264 g/mol. The maximum absolute atomic E-state index is 11.7. The lowest BCUT2D eigenvalue weighted by Gasteiger charge is -2.19. The summed E-state index contributed by atoms with van der Waals surface area (Å²) in [7, 11) is -0.179. The van der Waals surface area contributed by atoms with Crippen LogP contribution in [0.4, 0.5) is 0 Å². The van der Waals surface area contributed by atoms with E-state index in [4.69, 9.17) is 0 Å². The molecule has 0 radical (unpaired) electrons. The van der Waals surface area contributed by atoms with Gasteiger partial charge in [0.15, 0.2) is 0 Å². The van der Waals surface area contributed by atoms with Crippen molar-refractivity contribution in [2.75, 3.05) is 27.8 Å². The molecular formula is C9H18N2O6S. The molecule has 0 rings (SSSR count). The minimum absolute atomic E-state index is 0.0457. The monoisotopic (exact) mass is 282 g/mol. The van der Waals surface area contributed by atoms with E-state index in [1.807, 2.05) is 0 Å². The molecule has 0 aromatic carbocycles. The highest BCUT2D eigenvalue weighted by molar-refractivity contribution is 7.87. The van der Waals surface area contributed by atoms with Crippen LogP contribution in [0.2, 0.25) is 0 Å². The zero-order valence-electron chi connectivity index (χ0n) is 10.8. The number of carbonyl (C=O) groups is 2. The summed E-state index contributed by atoms with van der Waals surface area (Å²) in [5.74, 6) is -1.21. The Bertz CT molecular complexity index is 394.